The third-order valence-electron chi connectivity index (χ3n) is 8.18. The van der Waals surface area contributed by atoms with Gasteiger partial charge in [-0.3, -0.25) is 4.79 Å². The van der Waals surface area contributed by atoms with Gasteiger partial charge in [-0.1, -0.05) is 74.1 Å². The molecule has 0 fully saturated rings. The Labute approximate surface area is 244 Å². The number of unbranched alkanes of at least 4 members (excludes halogenated alkanes) is 5. The summed E-state index contributed by atoms with van der Waals surface area (Å²) in [6, 6.07) is 11.8. The van der Waals surface area contributed by atoms with E-state index in [1.54, 1.807) is 12.1 Å². The van der Waals surface area contributed by atoms with Gasteiger partial charge in [0.25, 0.3) is 6.47 Å². The number of allylic oxidation sites excluding steroid dienone is 5. The first-order valence-corrected chi connectivity index (χ1v) is 15.1. The third-order valence-corrected chi connectivity index (χ3v) is 8.67. The number of nitrogens with zero attached hydrogens (tertiary/aromatic N) is 1. The average Bonchev–Trinajstić information content (AvgIpc) is 3.13. The number of hydrogen-bond donors (Lipinski definition) is 1. The van der Waals surface area contributed by atoms with Crippen LogP contribution in [-0.4, -0.2) is 28.4 Å². The summed E-state index contributed by atoms with van der Waals surface area (Å²) in [5.41, 5.74) is 8.25. The molecule has 212 valence electrons. The molecule has 1 heterocycles. The van der Waals surface area contributed by atoms with Crippen molar-refractivity contribution in [2.24, 2.45) is 0 Å². The predicted molar refractivity (Wildman–Crippen MR) is 166 cm³/mol. The second kappa shape index (κ2) is 13.5. The van der Waals surface area contributed by atoms with Gasteiger partial charge in [-0.15, -0.1) is 0 Å². The Morgan fingerprint density at radius 1 is 1.02 bits per heavy atom. The highest BCUT2D eigenvalue weighted by molar-refractivity contribution is 6.33. The van der Waals surface area contributed by atoms with E-state index in [1.807, 2.05) is 6.08 Å². The first-order valence-electron chi connectivity index (χ1n) is 14.7. The number of carbonyl (C=O) groups excluding carboxylic acids is 1. The Kier molecular flexibility index (Phi) is 10.1. The number of carbonyl (C=O) groups is 1. The van der Waals surface area contributed by atoms with Gasteiger partial charge in [0.1, 0.15) is 6.54 Å². The summed E-state index contributed by atoms with van der Waals surface area (Å²) in [7, 11) is 0. The van der Waals surface area contributed by atoms with E-state index < -0.39 is 0 Å². The number of aryl methyl sites for hydroxylation is 1. The molecule has 4 rings (SSSR count). The Hall–Kier alpha value is -3.11. The van der Waals surface area contributed by atoms with Crippen LogP contribution in [0, 0.1) is 6.92 Å². The number of phenolic OH excluding ortho intramolecular Hbond substituents is 1. The molecule has 1 N–H and O–H groups in total. The number of benzene rings is 2. The average molecular weight is 561 g/mol. The number of aromatic hydroxyl groups is 1. The zero-order valence-corrected chi connectivity index (χ0v) is 25.2. The second-order valence-electron chi connectivity index (χ2n) is 11.6. The lowest BCUT2D eigenvalue weighted by atomic mass is 9.80. The Bertz CT molecular complexity index is 1360. The van der Waals surface area contributed by atoms with E-state index in [0.717, 1.165) is 47.5 Å². The predicted octanol–water partition coefficient (Wildman–Crippen LogP) is 9.29. The minimum Gasteiger partial charge on any atom is -0.504 e. The molecule has 0 amide bonds. The molecule has 40 heavy (non-hydrogen) atoms. The molecule has 5 heteroatoms. The van der Waals surface area contributed by atoms with Crippen molar-refractivity contribution in [1.82, 2.24) is 0 Å². The quantitative estimate of drug-likeness (QED) is 0.160. The lowest BCUT2D eigenvalue weighted by molar-refractivity contribution is -0.438. The summed E-state index contributed by atoms with van der Waals surface area (Å²) >= 11 is 6.98. The van der Waals surface area contributed by atoms with Crippen LogP contribution in [-0.2, 0) is 10.2 Å². The van der Waals surface area contributed by atoms with Crippen molar-refractivity contribution < 1.29 is 19.2 Å². The van der Waals surface area contributed by atoms with E-state index in [-0.39, 0.29) is 16.9 Å². The van der Waals surface area contributed by atoms with Gasteiger partial charge in [0.05, 0.1) is 5.41 Å². The summed E-state index contributed by atoms with van der Waals surface area (Å²) < 4.78 is 7.43. The van der Waals surface area contributed by atoms with Gasteiger partial charge < -0.3 is 9.84 Å². The van der Waals surface area contributed by atoms with Crippen LogP contribution in [0.15, 0.2) is 64.7 Å². The fourth-order valence-corrected chi connectivity index (χ4v) is 6.22. The van der Waals surface area contributed by atoms with Crippen LogP contribution in [0.3, 0.4) is 0 Å². The molecule has 1 aliphatic heterocycles. The van der Waals surface area contributed by atoms with Gasteiger partial charge in [-0.05, 0) is 81.4 Å². The maximum atomic E-state index is 10.8. The molecule has 0 saturated heterocycles. The molecule has 0 aromatic heterocycles. The molecular weight excluding hydrogens is 518 g/mol. The molecule has 4 nitrogen and oxygen atoms in total. The van der Waals surface area contributed by atoms with E-state index in [2.05, 4.69) is 62.6 Å². The summed E-state index contributed by atoms with van der Waals surface area (Å²) in [4.78, 5) is 10.8. The SMILES string of the molecule is CCCCCCCC[N+]1=C(/C=C/C2=C(Cl)C(=C/c3ccc(O)c(OC=O)c3)/CCC2)C(C)(C)c2cc(C)ccc21. The number of hydrogen-bond acceptors (Lipinski definition) is 3. The third kappa shape index (κ3) is 6.78. The summed E-state index contributed by atoms with van der Waals surface area (Å²) in [6.07, 6.45) is 17.0. The summed E-state index contributed by atoms with van der Waals surface area (Å²) in [5.74, 6) is 0.0709. The van der Waals surface area contributed by atoms with Crippen LogP contribution >= 0.6 is 11.6 Å². The standard InChI is InChI=1S/C35H42ClNO3/c1-5-6-7-8-9-10-20-37-30-17-14-25(2)21-29(30)35(3,4)33(37)19-16-27-12-11-13-28(34(27)36)22-26-15-18-31(39)32(23-26)40-24-38/h14-19,21-24H,5-13,20H2,1-4H3/p+1. The maximum absolute atomic E-state index is 10.8. The largest absolute Gasteiger partial charge is 0.504 e. The van der Waals surface area contributed by atoms with Crippen LogP contribution in [0.2, 0.25) is 0 Å². The number of rotatable bonds is 12. The van der Waals surface area contributed by atoms with Crippen molar-refractivity contribution in [3.8, 4) is 11.5 Å². The van der Waals surface area contributed by atoms with Gasteiger partial charge >= 0.3 is 0 Å². The van der Waals surface area contributed by atoms with E-state index in [1.165, 1.54) is 67.1 Å². The minimum absolute atomic E-state index is 0.0685. The molecule has 2 aromatic rings. The van der Waals surface area contributed by atoms with Gasteiger partial charge in [-0.2, -0.15) is 4.58 Å². The first-order chi connectivity index (χ1) is 19.3. The lowest BCUT2D eigenvalue weighted by Crippen LogP contribution is -2.28. The molecule has 0 spiro atoms. The van der Waals surface area contributed by atoms with Crippen LogP contribution in [0.25, 0.3) is 6.08 Å². The molecule has 0 radical (unpaired) electrons. The Morgan fingerprint density at radius 2 is 1.80 bits per heavy atom. The summed E-state index contributed by atoms with van der Waals surface area (Å²) in [5, 5.41) is 10.7. The van der Waals surface area contributed by atoms with Gasteiger partial charge in [0.15, 0.2) is 17.2 Å². The number of halogens is 1. The Morgan fingerprint density at radius 3 is 2.58 bits per heavy atom. The highest BCUT2D eigenvalue weighted by Gasteiger charge is 2.44. The van der Waals surface area contributed by atoms with E-state index in [0.29, 0.717) is 6.47 Å². The topological polar surface area (TPSA) is 49.5 Å². The van der Waals surface area contributed by atoms with Crippen molar-refractivity contribution >= 4 is 35.5 Å². The lowest BCUT2D eigenvalue weighted by Gasteiger charge is -2.18. The van der Waals surface area contributed by atoms with Gasteiger partial charge in [0, 0.05) is 29.2 Å². The fourth-order valence-electron chi connectivity index (χ4n) is 5.91. The zero-order chi connectivity index (χ0) is 28.7. The number of phenols is 1. The molecule has 2 aromatic carbocycles. The highest BCUT2D eigenvalue weighted by atomic mass is 35.5. The van der Waals surface area contributed by atoms with E-state index in [9.17, 15) is 9.90 Å². The van der Waals surface area contributed by atoms with Crippen molar-refractivity contribution in [2.45, 2.75) is 90.9 Å². The van der Waals surface area contributed by atoms with Crippen LogP contribution in [0.1, 0.15) is 95.2 Å². The highest BCUT2D eigenvalue weighted by Crippen LogP contribution is 2.41. The molecule has 0 saturated carbocycles. The summed E-state index contributed by atoms with van der Waals surface area (Å²) in [6.45, 7) is 10.4. The van der Waals surface area contributed by atoms with Crippen molar-refractivity contribution in [3.63, 3.8) is 0 Å². The maximum Gasteiger partial charge on any atom is 0.298 e. The van der Waals surface area contributed by atoms with E-state index >= 15 is 0 Å². The molecule has 2 aliphatic rings. The monoisotopic (exact) mass is 560 g/mol. The van der Waals surface area contributed by atoms with Gasteiger partial charge in [-0.25, -0.2) is 0 Å². The normalized spacial score (nSPS) is 17.7. The van der Waals surface area contributed by atoms with Crippen LogP contribution in [0.5, 0.6) is 11.5 Å². The number of ether oxygens (including phenoxy) is 1. The number of fused-ring (bicyclic) bond motifs is 1. The van der Waals surface area contributed by atoms with Crippen LogP contribution < -0.4 is 4.74 Å². The molecule has 0 unspecified atom stereocenters. The zero-order valence-electron chi connectivity index (χ0n) is 24.4. The fraction of sp³-hybridized carbons (Fsp3) is 0.429. The molecular formula is C35H43ClNO3+. The Balaban J connectivity index is 1.63. The van der Waals surface area contributed by atoms with Crippen molar-refractivity contribution in [3.05, 3.63) is 81.4 Å². The molecule has 0 atom stereocenters. The minimum atomic E-state index is -0.0958. The van der Waals surface area contributed by atoms with Crippen LogP contribution in [0.4, 0.5) is 5.69 Å². The van der Waals surface area contributed by atoms with E-state index in [4.69, 9.17) is 16.3 Å². The smallest absolute Gasteiger partial charge is 0.298 e. The van der Waals surface area contributed by atoms with Crippen molar-refractivity contribution in [1.29, 1.82) is 0 Å². The second-order valence-corrected chi connectivity index (χ2v) is 12.0. The molecule has 0 bridgehead atoms. The van der Waals surface area contributed by atoms with Crippen molar-refractivity contribution in [2.75, 3.05) is 6.54 Å². The van der Waals surface area contributed by atoms with Gasteiger partial charge in [0.2, 0.25) is 5.69 Å². The molecule has 1 aliphatic carbocycles. The first kappa shape index (κ1) is 29.9.